The third-order valence-corrected chi connectivity index (χ3v) is 8.82. The lowest BCUT2D eigenvalue weighted by Gasteiger charge is -2.23. The minimum atomic E-state index is -0.476. The summed E-state index contributed by atoms with van der Waals surface area (Å²) in [6, 6.07) is 19.5. The maximum absolute atomic E-state index is 14.3. The highest BCUT2D eigenvalue weighted by Gasteiger charge is 2.28. The summed E-state index contributed by atoms with van der Waals surface area (Å²) in [6.45, 7) is 5.12. The molecule has 0 aliphatic carbocycles. The zero-order valence-electron chi connectivity index (χ0n) is 22.7. The van der Waals surface area contributed by atoms with E-state index in [4.69, 9.17) is 0 Å². The molecule has 4 aromatic rings. The fourth-order valence-electron chi connectivity index (χ4n) is 4.60. The lowest BCUT2D eigenvalue weighted by Crippen LogP contribution is -2.33. The van der Waals surface area contributed by atoms with Crippen LogP contribution in [0, 0.1) is 12.7 Å². The minimum Gasteiger partial charge on any atom is -0.369 e. The van der Waals surface area contributed by atoms with Gasteiger partial charge in [0.15, 0.2) is 0 Å². The summed E-state index contributed by atoms with van der Waals surface area (Å²) in [5.74, 6) is 0.170. The SMILES string of the molecule is CCN(O)SCCNc1cccc(C(=O)N2CCc3cc(C(=O)Nc4c(C)cccc4F)sc3-c3ccccc32)n1. The predicted molar refractivity (Wildman–Crippen MR) is 164 cm³/mol. The van der Waals surface area contributed by atoms with Crippen LogP contribution in [-0.2, 0) is 6.42 Å². The molecule has 2 aromatic carbocycles. The van der Waals surface area contributed by atoms with Gasteiger partial charge in [0.05, 0.1) is 16.3 Å². The van der Waals surface area contributed by atoms with Gasteiger partial charge in [-0.05, 0) is 61.7 Å². The van der Waals surface area contributed by atoms with E-state index in [9.17, 15) is 19.2 Å². The topological polar surface area (TPSA) is 97.8 Å². The summed E-state index contributed by atoms with van der Waals surface area (Å²) in [7, 11) is 0. The van der Waals surface area contributed by atoms with Crippen LogP contribution < -0.4 is 15.5 Å². The number of amides is 2. The van der Waals surface area contributed by atoms with Gasteiger partial charge in [-0.2, -0.15) is 0 Å². The van der Waals surface area contributed by atoms with Gasteiger partial charge in [-0.3, -0.25) is 9.59 Å². The molecule has 5 rings (SSSR count). The maximum Gasteiger partial charge on any atom is 0.276 e. The van der Waals surface area contributed by atoms with Gasteiger partial charge in [-0.15, -0.1) is 15.8 Å². The van der Waals surface area contributed by atoms with Gasteiger partial charge in [0.25, 0.3) is 11.8 Å². The van der Waals surface area contributed by atoms with Gasteiger partial charge in [0, 0.05) is 35.8 Å². The highest BCUT2D eigenvalue weighted by atomic mass is 32.2. The summed E-state index contributed by atoms with van der Waals surface area (Å²) in [6.07, 6.45) is 0.544. The van der Waals surface area contributed by atoms with Crippen molar-refractivity contribution in [3.05, 3.63) is 94.2 Å². The summed E-state index contributed by atoms with van der Waals surface area (Å²) in [4.78, 5) is 34.5. The van der Waals surface area contributed by atoms with Crippen molar-refractivity contribution in [2.45, 2.75) is 20.3 Å². The number of thiophene rings is 1. The number of anilines is 3. The maximum atomic E-state index is 14.3. The molecule has 0 saturated carbocycles. The number of rotatable bonds is 9. The standard InChI is InChI=1S/C30H30FN5O3S2/c1-3-36(39)40-17-15-32-26-13-7-11-23(33-26)30(38)35-16-14-20-18-25(41-28(20)21-9-4-5-12-24(21)35)29(37)34-27-19(2)8-6-10-22(27)31/h4-13,18,39H,3,14-17H2,1-2H3,(H,32,33)(H,34,37). The number of halogens is 1. The van der Waals surface area contributed by atoms with Gasteiger partial charge >= 0.3 is 0 Å². The Morgan fingerprint density at radius 1 is 1.15 bits per heavy atom. The molecule has 1 aliphatic rings. The van der Waals surface area contributed by atoms with Gasteiger partial charge in [-0.1, -0.05) is 48.3 Å². The monoisotopic (exact) mass is 591 g/mol. The lowest BCUT2D eigenvalue weighted by molar-refractivity contribution is 0.0225. The summed E-state index contributed by atoms with van der Waals surface area (Å²) < 4.78 is 15.5. The molecule has 212 valence electrons. The van der Waals surface area contributed by atoms with Crippen molar-refractivity contribution in [3.8, 4) is 10.4 Å². The number of fused-ring (bicyclic) bond motifs is 3. The predicted octanol–water partition coefficient (Wildman–Crippen LogP) is 6.48. The highest BCUT2D eigenvalue weighted by molar-refractivity contribution is 7.96. The molecule has 11 heteroatoms. The van der Waals surface area contributed by atoms with Crippen LogP contribution in [0.4, 0.5) is 21.6 Å². The van der Waals surface area contributed by atoms with Crippen LogP contribution in [0.3, 0.4) is 0 Å². The van der Waals surface area contributed by atoms with E-state index < -0.39 is 5.82 Å². The van der Waals surface area contributed by atoms with Crippen LogP contribution in [0.15, 0.2) is 66.7 Å². The Labute approximate surface area is 246 Å². The average molecular weight is 592 g/mol. The molecule has 0 atom stereocenters. The van der Waals surface area contributed by atoms with E-state index in [2.05, 4.69) is 15.6 Å². The van der Waals surface area contributed by atoms with Crippen LogP contribution >= 0.6 is 23.3 Å². The molecule has 0 spiro atoms. The van der Waals surface area contributed by atoms with Crippen molar-refractivity contribution in [1.29, 1.82) is 0 Å². The number of carbonyl (C=O) groups is 2. The van der Waals surface area contributed by atoms with Crippen molar-refractivity contribution in [2.24, 2.45) is 0 Å². The van der Waals surface area contributed by atoms with Crippen LogP contribution in [0.2, 0.25) is 0 Å². The largest absolute Gasteiger partial charge is 0.369 e. The number of hydrogen-bond acceptors (Lipinski definition) is 8. The summed E-state index contributed by atoms with van der Waals surface area (Å²) in [5, 5.41) is 15.5. The Kier molecular flexibility index (Phi) is 8.99. The molecule has 1 aliphatic heterocycles. The second-order valence-electron chi connectivity index (χ2n) is 9.41. The Morgan fingerprint density at radius 2 is 1.95 bits per heavy atom. The average Bonchev–Trinajstić information content (AvgIpc) is 3.35. The van der Waals surface area contributed by atoms with Crippen LogP contribution in [0.1, 0.15) is 38.2 Å². The van der Waals surface area contributed by atoms with Crippen molar-refractivity contribution in [1.82, 2.24) is 9.45 Å². The van der Waals surface area contributed by atoms with Gasteiger partial charge < -0.3 is 20.7 Å². The van der Waals surface area contributed by atoms with Gasteiger partial charge in [0.1, 0.15) is 17.3 Å². The van der Waals surface area contributed by atoms with E-state index in [1.807, 2.05) is 37.3 Å². The Bertz CT molecular complexity index is 1560. The highest BCUT2D eigenvalue weighted by Crippen LogP contribution is 2.42. The first-order chi connectivity index (χ1) is 19.9. The molecule has 0 radical (unpaired) electrons. The number of hydrogen-bond donors (Lipinski definition) is 3. The van der Waals surface area contributed by atoms with E-state index in [0.29, 0.717) is 53.8 Å². The molecular weight excluding hydrogens is 561 g/mol. The molecule has 2 amide bonds. The molecule has 8 nitrogen and oxygen atoms in total. The third-order valence-electron chi connectivity index (χ3n) is 6.67. The number of hydroxylamine groups is 1. The van der Waals surface area contributed by atoms with Crippen molar-refractivity contribution in [3.63, 3.8) is 0 Å². The minimum absolute atomic E-state index is 0.178. The first-order valence-electron chi connectivity index (χ1n) is 13.3. The molecule has 3 heterocycles. The van der Waals surface area contributed by atoms with Gasteiger partial charge in [-0.25, -0.2) is 9.37 Å². The van der Waals surface area contributed by atoms with E-state index in [1.165, 1.54) is 33.8 Å². The quantitative estimate of drug-likeness (QED) is 0.116. The van der Waals surface area contributed by atoms with Crippen molar-refractivity contribution >= 4 is 52.3 Å². The normalized spacial score (nSPS) is 12.5. The number of para-hydroxylation sites is 2. The number of benzene rings is 2. The zero-order chi connectivity index (χ0) is 28.9. The second kappa shape index (κ2) is 12.8. The molecule has 2 aromatic heterocycles. The fraction of sp³-hybridized carbons (Fsp3) is 0.233. The van der Waals surface area contributed by atoms with Crippen LogP contribution in [0.25, 0.3) is 10.4 Å². The van der Waals surface area contributed by atoms with Gasteiger partial charge in [0.2, 0.25) is 0 Å². The summed E-state index contributed by atoms with van der Waals surface area (Å²) >= 11 is 2.64. The van der Waals surface area contributed by atoms with E-state index in [0.717, 1.165) is 21.7 Å². The van der Waals surface area contributed by atoms with E-state index in [-0.39, 0.29) is 17.5 Å². The summed E-state index contributed by atoms with van der Waals surface area (Å²) in [5.41, 5.74) is 3.71. The van der Waals surface area contributed by atoms with Crippen molar-refractivity contribution in [2.75, 3.05) is 40.9 Å². The number of aromatic nitrogens is 1. The van der Waals surface area contributed by atoms with Crippen molar-refractivity contribution < 1.29 is 19.2 Å². The fourth-order valence-corrected chi connectivity index (χ4v) is 6.32. The number of carbonyl (C=O) groups excluding carboxylic acids is 2. The van der Waals surface area contributed by atoms with E-state index >= 15 is 0 Å². The smallest absolute Gasteiger partial charge is 0.276 e. The first kappa shape index (κ1) is 28.7. The molecule has 0 bridgehead atoms. The lowest BCUT2D eigenvalue weighted by atomic mass is 10.1. The zero-order valence-corrected chi connectivity index (χ0v) is 24.3. The Balaban J connectivity index is 1.36. The van der Waals surface area contributed by atoms with Crippen LogP contribution in [0.5, 0.6) is 0 Å². The number of pyridine rings is 1. The second-order valence-corrected chi connectivity index (χ2v) is 11.6. The molecular formula is C30H30FN5O3S2. The number of nitrogens with zero attached hydrogens (tertiary/aromatic N) is 3. The molecule has 41 heavy (non-hydrogen) atoms. The molecule has 3 N–H and O–H groups in total. The Hall–Kier alpha value is -3.77. The molecule has 0 unspecified atom stereocenters. The first-order valence-corrected chi connectivity index (χ1v) is 15.0. The number of aryl methyl sites for hydroxylation is 1. The van der Waals surface area contributed by atoms with E-state index in [1.54, 1.807) is 42.2 Å². The number of nitrogens with one attached hydrogen (secondary N) is 2. The molecule has 0 saturated heterocycles. The third kappa shape index (κ3) is 6.43. The molecule has 0 fully saturated rings. The Morgan fingerprint density at radius 3 is 2.76 bits per heavy atom. The van der Waals surface area contributed by atoms with Crippen LogP contribution in [-0.4, -0.2) is 51.9 Å².